The topological polar surface area (TPSA) is 81.6 Å². The van der Waals surface area contributed by atoms with Crippen molar-refractivity contribution in [3.05, 3.63) is 24.0 Å². The third-order valence-electron chi connectivity index (χ3n) is 5.49. The number of nitrogens with zero attached hydrogens (tertiary/aromatic N) is 1. The van der Waals surface area contributed by atoms with E-state index in [1.165, 1.54) is 0 Å². The van der Waals surface area contributed by atoms with Gasteiger partial charge in [-0.1, -0.05) is 32.4 Å². The van der Waals surface area contributed by atoms with Gasteiger partial charge < -0.3 is 21.1 Å². The van der Waals surface area contributed by atoms with Gasteiger partial charge >= 0.3 is 6.03 Å². The van der Waals surface area contributed by atoms with Crippen LogP contribution in [0.2, 0.25) is 0 Å². The quantitative estimate of drug-likeness (QED) is 0.715. The molecule has 0 aromatic heterocycles. The van der Waals surface area contributed by atoms with Crippen molar-refractivity contribution in [3.63, 3.8) is 0 Å². The number of allylic oxidation sites excluding steroid dienone is 3. The number of amides is 2. The molecule has 0 bridgehead atoms. The fourth-order valence-corrected chi connectivity index (χ4v) is 3.92. The second-order valence-electron chi connectivity index (χ2n) is 7.46. The average molecular weight is 335 g/mol. The second-order valence-corrected chi connectivity index (χ2v) is 7.46. The van der Waals surface area contributed by atoms with Crippen molar-refractivity contribution in [2.24, 2.45) is 22.8 Å². The first-order valence-electron chi connectivity index (χ1n) is 9.21. The summed E-state index contributed by atoms with van der Waals surface area (Å²) in [6.07, 6.45) is 12.7. The zero-order valence-corrected chi connectivity index (χ0v) is 15.3. The van der Waals surface area contributed by atoms with E-state index in [4.69, 9.17) is 16.2 Å². The Labute approximate surface area is 146 Å². The fraction of sp³-hybridized carbons (Fsp3) is 0.737. The molecule has 1 fully saturated rings. The van der Waals surface area contributed by atoms with Crippen molar-refractivity contribution in [2.75, 3.05) is 13.6 Å². The van der Waals surface area contributed by atoms with Crippen molar-refractivity contribution in [1.29, 1.82) is 0 Å². The van der Waals surface area contributed by atoms with Crippen LogP contribution in [-0.2, 0) is 4.74 Å². The van der Waals surface area contributed by atoms with Crippen LogP contribution in [0.3, 0.4) is 0 Å². The molecule has 0 aromatic rings. The van der Waals surface area contributed by atoms with Gasteiger partial charge in [0.2, 0.25) is 0 Å². The molecule has 2 atom stereocenters. The largest absolute Gasteiger partial charge is 0.495 e. The highest BCUT2D eigenvalue weighted by molar-refractivity contribution is 5.71. The Morgan fingerprint density at radius 2 is 2.17 bits per heavy atom. The second kappa shape index (κ2) is 8.06. The van der Waals surface area contributed by atoms with Gasteiger partial charge in [-0.05, 0) is 37.7 Å². The zero-order chi connectivity index (χ0) is 17.7. The van der Waals surface area contributed by atoms with E-state index in [-0.39, 0.29) is 23.6 Å². The molecule has 0 heterocycles. The fourth-order valence-electron chi connectivity index (χ4n) is 3.92. The minimum absolute atomic E-state index is 0.117. The summed E-state index contributed by atoms with van der Waals surface area (Å²) in [5.74, 6) is 1.50. The van der Waals surface area contributed by atoms with Crippen LogP contribution < -0.4 is 11.5 Å². The van der Waals surface area contributed by atoms with Gasteiger partial charge in [0.25, 0.3) is 0 Å². The standard InChI is InChI=1S/C19H33N3O2/c1-4-7-16(5-2)24-17-8-6-9-19(12-17,13-22(3)18(21)23)14-10-15(20)11-14/h6,8-9,14-16H,4-5,7,10-13,20H2,1-3H3,(H2,21,23)/t14-,15-,16?,19?. The molecule has 2 amide bonds. The SMILES string of the molecule is CCCC(CC)OC1=CC=CC(CN(C)C(N)=O)([C@H]2C[C@H](N)C2)C1. The number of ether oxygens (including phenoxy) is 1. The molecule has 2 aliphatic carbocycles. The summed E-state index contributed by atoms with van der Waals surface area (Å²) in [5.41, 5.74) is 11.4. The van der Waals surface area contributed by atoms with E-state index in [0.717, 1.165) is 44.3 Å². The summed E-state index contributed by atoms with van der Waals surface area (Å²) in [5, 5.41) is 0. The molecule has 2 unspecified atom stereocenters. The Bertz CT molecular complexity index is 497. The van der Waals surface area contributed by atoms with E-state index in [2.05, 4.69) is 32.1 Å². The number of carbonyl (C=O) groups is 1. The normalized spacial score (nSPS) is 30.2. The Kier molecular flexibility index (Phi) is 6.33. The summed E-state index contributed by atoms with van der Waals surface area (Å²) in [6, 6.07) is -0.112. The van der Waals surface area contributed by atoms with Crippen molar-refractivity contribution in [2.45, 2.75) is 64.5 Å². The number of nitrogens with two attached hydrogens (primary N) is 2. The van der Waals surface area contributed by atoms with Gasteiger partial charge in [0.05, 0.1) is 11.9 Å². The van der Waals surface area contributed by atoms with Gasteiger partial charge in [-0.15, -0.1) is 0 Å². The van der Waals surface area contributed by atoms with Gasteiger partial charge in [-0.2, -0.15) is 0 Å². The van der Waals surface area contributed by atoms with E-state index in [1.54, 1.807) is 11.9 Å². The molecular formula is C19H33N3O2. The van der Waals surface area contributed by atoms with Crippen LogP contribution in [0, 0.1) is 11.3 Å². The van der Waals surface area contributed by atoms with Crippen LogP contribution in [0.5, 0.6) is 0 Å². The maximum Gasteiger partial charge on any atom is 0.314 e. The molecule has 1 saturated carbocycles. The van der Waals surface area contributed by atoms with Crippen molar-refractivity contribution in [3.8, 4) is 0 Å². The third-order valence-corrected chi connectivity index (χ3v) is 5.49. The molecule has 0 radical (unpaired) electrons. The summed E-state index contributed by atoms with van der Waals surface area (Å²) >= 11 is 0. The van der Waals surface area contributed by atoms with Crippen LogP contribution in [0.1, 0.15) is 52.4 Å². The molecule has 0 aromatic carbocycles. The first-order chi connectivity index (χ1) is 11.4. The molecule has 136 valence electrons. The lowest BCUT2D eigenvalue weighted by Gasteiger charge is -2.49. The van der Waals surface area contributed by atoms with Gasteiger partial charge in [0.1, 0.15) is 0 Å². The minimum Gasteiger partial charge on any atom is -0.495 e. The smallest absolute Gasteiger partial charge is 0.314 e. The highest BCUT2D eigenvalue weighted by atomic mass is 16.5. The number of carbonyl (C=O) groups excluding carboxylic acids is 1. The van der Waals surface area contributed by atoms with Crippen molar-refractivity contribution in [1.82, 2.24) is 4.90 Å². The van der Waals surface area contributed by atoms with Crippen LogP contribution in [-0.4, -0.2) is 36.7 Å². The van der Waals surface area contributed by atoms with Crippen LogP contribution >= 0.6 is 0 Å². The van der Waals surface area contributed by atoms with E-state index in [0.29, 0.717) is 12.5 Å². The maximum absolute atomic E-state index is 11.6. The van der Waals surface area contributed by atoms with Crippen LogP contribution in [0.4, 0.5) is 4.79 Å². The van der Waals surface area contributed by atoms with Gasteiger partial charge in [0, 0.05) is 31.5 Å². The van der Waals surface area contributed by atoms with Crippen LogP contribution in [0.25, 0.3) is 0 Å². The molecule has 4 N–H and O–H groups in total. The van der Waals surface area contributed by atoms with Crippen LogP contribution in [0.15, 0.2) is 24.0 Å². The van der Waals surface area contributed by atoms with E-state index in [1.807, 2.05) is 0 Å². The lowest BCUT2D eigenvalue weighted by molar-refractivity contribution is 0.0404. The molecular weight excluding hydrogens is 302 g/mol. The lowest BCUT2D eigenvalue weighted by atomic mass is 9.60. The Morgan fingerprint density at radius 1 is 1.46 bits per heavy atom. The molecule has 5 nitrogen and oxygen atoms in total. The molecule has 2 aliphatic rings. The monoisotopic (exact) mass is 335 g/mol. The zero-order valence-electron chi connectivity index (χ0n) is 15.3. The Balaban J connectivity index is 2.12. The van der Waals surface area contributed by atoms with Gasteiger partial charge in [-0.3, -0.25) is 0 Å². The summed E-state index contributed by atoms with van der Waals surface area (Å²) in [6.45, 7) is 4.96. The predicted octanol–water partition coefficient (Wildman–Crippen LogP) is 3.16. The van der Waals surface area contributed by atoms with Crippen molar-refractivity contribution >= 4 is 6.03 Å². The molecule has 0 spiro atoms. The minimum atomic E-state index is -0.388. The highest BCUT2D eigenvalue weighted by Crippen LogP contribution is 2.48. The molecule has 2 rings (SSSR count). The number of hydrogen-bond acceptors (Lipinski definition) is 3. The number of hydrogen-bond donors (Lipinski definition) is 2. The molecule has 0 aliphatic heterocycles. The van der Waals surface area contributed by atoms with E-state index in [9.17, 15) is 4.79 Å². The molecule has 24 heavy (non-hydrogen) atoms. The molecule has 5 heteroatoms. The van der Waals surface area contributed by atoms with Gasteiger partial charge in [0.15, 0.2) is 0 Å². The summed E-state index contributed by atoms with van der Waals surface area (Å²) < 4.78 is 6.27. The Morgan fingerprint density at radius 3 is 2.71 bits per heavy atom. The van der Waals surface area contributed by atoms with Crippen molar-refractivity contribution < 1.29 is 9.53 Å². The average Bonchev–Trinajstić information content (AvgIpc) is 2.51. The lowest BCUT2D eigenvalue weighted by Crippen LogP contribution is -2.51. The summed E-state index contributed by atoms with van der Waals surface area (Å²) in [4.78, 5) is 13.2. The highest BCUT2D eigenvalue weighted by Gasteiger charge is 2.45. The number of rotatable bonds is 8. The predicted molar refractivity (Wildman–Crippen MR) is 97.3 cm³/mol. The molecule has 0 saturated heterocycles. The Hall–Kier alpha value is -1.49. The third kappa shape index (κ3) is 4.32. The van der Waals surface area contributed by atoms with E-state index < -0.39 is 0 Å². The first-order valence-corrected chi connectivity index (χ1v) is 9.21. The van der Waals surface area contributed by atoms with E-state index >= 15 is 0 Å². The maximum atomic E-state index is 11.6. The first kappa shape index (κ1) is 18.8. The summed E-state index contributed by atoms with van der Waals surface area (Å²) in [7, 11) is 1.77. The number of urea groups is 1. The number of primary amides is 1. The van der Waals surface area contributed by atoms with Gasteiger partial charge in [-0.25, -0.2) is 4.79 Å².